The van der Waals surface area contributed by atoms with Crippen molar-refractivity contribution < 1.29 is 14.3 Å². The lowest BCUT2D eigenvalue weighted by molar-refractivity contribution is -0.116. The Bertz CT molecular complexity index is 785. The van der Waals surface area contributed by atoms with Gasteiger partial charge in [-0.05, 0) is 36.4 Å². The van der Waals surface area contributed by atoms with Crippen molar-refractivity contribution in [2.45, 2.75) is 13.0 Å². The molecule has 0 spiro atoms. The molecule has 6 heteroatoms. The maximum absolute atomic E-state index is 12.2. The van der Waals surface area contributed by atoms with Crippen LogP contribution in [0.1, 0.15) is 6.92 Å². The van der Waals surface area contributed by atoms with E-state index in [4.69, 9.17) is 9.47 Å². The second-order valence-electron chi connectivity index (χ2n) is 7.60. The van der Waals surface area contributed by atoms with Gasteiger partial charge in [0, 0.05) is 57.6 Å². The number of anilines is 2. The molecule has 4 rings (SSSR count). The predicted octanol–water partition coefficient (Wildman–Crippen LogP) is 2.64. The average molecular weight is 396 g/mol. The van der Waals surface area contributed by atoms with Crippen LogP contribution in [0.5, 0.6) is 5.75 Å². The molecule has 1 atom stereocenters. The van der Waals surface area contributed by atoms with Gasteiger partial charge in [0.2, 0.25) is 5.91 Å². The van der Waals surface area contributed by atoms with Crippen molar-refractivity contribution in [3.05, 3.63) is 54.6 Å². The van der Waals surface area contributed by atoms with Crippen LogP contribution in [0.4, 0.5) is 11.4 Å². The van der Waals surface area contributed by atoms with Gasteiger partial charge < -0.3 is 19.3 Å². The molecule has 29 heavy (non-hydrogen) atoms. The van der Waals surface area contributed by atoms with Crippen LogP contribution >= 0.6 is 0 Å². The third-order valence-electron chi connectivity index (χ3n) is 5.50. The summed E-state index contributed by atoms with van der Waals surface area (Å²) >= 11 is 0. The van der Waals surface area contributed by atoms with E-state index in [-0.39, 0.29) is 12.0 Å². The molecule has 2 aromatic rings. The van der Waals surface area contributed by atoms with Crippen LogP contribution in [0.25, 0.3) is 0 Å². The maximum Gasteiger partial charge on any atom is 0.223 e. The van der Waals surface area contributed by atoms with Crippen molar-refractivity contribution in [1.29, 1.82) is 0 Å². The van der Waals surface area contributed by atoms with Crippen molar-refractivity contribution in [3.63, 3.8) is 0 Å². The Kier molecular flexibility index (Phi) is 6.32. The summed E-state index contributed by atoms with van der Waals surface area (Å²) in [6.07, 6.45) is 0.241. The number of hydrogen-bond acceptors (Lipinski definition) is 5. The molecule has 6 nitrogen and oxygen atoms in total. The fraction of sp³-hybridized carbons (Fsp3) is 0.435. The van der Waals surface area contributed by atoms with Gasteiger partial charge in [-0.15, -0.1) is 0 Å². The molecule has 0 saturated carbocycles. The summed E-state index contributed by atoms with van der Waals surface area (Å²) in [5, 5.41) is 0. The molecule has 2 saturated heterocycles. The molecule has 0 N–H and O–H groups in total. The summed E-state index contributed by atoms with van der Waals surface area (Å²) < 4.78 is 10.8. The van der Waals surface area contributed by atoms with Crippen molar-refractivity contribution >= 4 is 17.3 Å². The molecule has 0 aromatic heterocycles. The Morgan fingerprint density at radius 1 is 1.07 bits per heavy atom. The van der Waals surface area contributed by atoms with Gasteiger partial charge in [0.1, 0.15) is 18.5 Å². The number of carbonyl (C=O) groups excluding carboxylic acids is 1. The summed E-state index contributed by atoms with van der Waals surface area (Å²) in [4.78, 5) is 18.9. The first-order chi connectivity index (χ1) is 14.2. The Hall–Kier alpha value is -2.57. The summed E-state index contributed by atoms with van der Waals surface area (Å²) in [5.74, 6) is 0.873. The molecule has 0 bridgehead atoms. The Morgan fingerprint density at radius 2 is 1.76 bits per heavy atom. The lowest BCUT2D eigenvalue weighted by atomic mass is 10.2. The Labute approximate surface area is 172 Å². The highest BCUT2D eigenvalue weighted by atomic mass is 16.6. The largest absolute Gasteiger partial charge is 0.491 e. The number of benzene rings is 2. The number of nitrogens with zero attached hydrogens (tertiary/aromatic N) is 3. The van der Waals surface area contributed by atoms with Crippen molar-refractivity contribution in [1.82, 2.24) is 4.90 Å². The second-order valence-corrected chi connectivity index (χ2v) is 7.60. The van der Waals surface area contributed by atoms with Crippen LogP contribution in [0.15, 0.2) is 54.6 Å². The fourth-order valence-electron chi connectivity index (χ4n) is 3.65. The van der Waals surface area contributed by atoms with E-state index in [1.807, 2.05) is 29.2 Å². The third-order valence-corrected chi connectivity index (χ3v) is 5.50. The lowest BCUT2D eigenvalue weighted by Crippen LogP contribution is -2.49. The van der Waals surface area contributed by atoms with E-state index >= 15 is 0 Å². The number of carbonyl (C=O) groups is 1. The minimum Gasteiger partial charge on any atom is -0.491 e. The van der Waals surface area contributed by atoms with Crippen LogP contribution in [0.3, 0.4) is 0 Å². The van der Waals surface area contributed by atoms with Gasteiger partial charge in [-0.1, -0.05) is 18.2 Å². The van der Waals surface area contributed by atoms with Crippen LogP contribution in [-0.4, -0.2) is 69.4 Å². The normalized spacial score (nSPS) is 19.1. The molecule has 2 fully saturated rings. The average Bonchev–Trinajstić information content (AvgIpc) is 3.59. The lowest BCUT2D eigenvalue weighted by Gasteiger charge is -2.37. The molecule has 1 amide bonds. The summed E-state index contributed by atoms with van der Waals surface area (Å²) in [6.45, 7) is 8.62. The number of amides is 1. The van der Waals surface area contributed by atoms with E-state index < -0.39 is 0 Å². The van der Waals surface area contributed by atoms with Crippen molar-refractivity contribution in [2.24, 2.45) is 0 Å². The smallest absolute Gasteiger partial charge is 0.223 e. The highest BCUT2D eigenvalue weighted by Gasteiger charge is 2.23. The minimum absolute atomic E-state index is 0.0629. The van der Waals surface area contributed by atoms with E-state index in [0.29, 0.717) is 13.2 Å². The number of para-hydroxylation sites is 1. The predicted molar refractivity (Wildman–Crippen MR) is 115 cm³/mol. The topological polar surface area (TPSA) is 48.6 Å². The quantitative estimate of drug-likeness (QED) is 0.643. The maximum atomic E-state index is 12.2. The first-order valence-electron chi connectivity index (χ1n) is 10.3. The highest BCUT2D eigenvalue weighted by molar-refractivity contribution is 5.91. The summed E-state index contributed by atoms with van der Waals surface area (Å²) in [6, 6.07) is 18.3. The molecule has 2 heterocycles. The van der Waals surface area contributed by atoms with Gasteiger partial charge in [-0.25, -0.2) is 0 Å². The number of rotatable bonds is 8. The molecule has 2 aliphatic rings. The van der Waals surface area contributed by atoms with Gasteiger partial charge in [0.25, 0.3) is 0 Å². The van der Waals surface area contributed by atoms with E-state index in [0.717, 1.165) is 50.8 Å². The van der Waals surface area contributed by atoms with E-state index in [1.165, 1.54) is 5.69 Å². The van der Waals surface area contributed by atoms with E-state index in [2.05, 4.69) is 40.1 Å². The van der Waals surface area contributed by atoms with Crippen LogP contribution in [0.2, 0.25) is 0 Å². The molecule has 0 radical (unpaired) electrons. The second kappa shape index (κ2) is 9.29. The molecule has 154 valence electrons. The SMILES string of the molecule is CC(=O)N(CCN1CCN(c2ccccc2)CC1)c1ccc(OC[C@H]2CO2)cc1. The molecule has 0 aliphatic carbocycles. The number of epoxide rings is 1. The molecule has 2 aromatic carbocycles. The zero-order valence-electron chi connectivity index (χ0n) is 17.0. The molecular formula is C23H29N3O3. The van der Waals surface area contributed by atoms with Gasteiger partial charge in [0.05, 0.1) is 6.61 Å². The minimum atomic E-state index is 0.0629. The fourth-order valence-corrected chi connectivity index (χ4v) is 3.65. The van der Waals surface area contributed by atoms with Gasteiger partial charge in [-0.2, -0.15) is 0 Å². The zero-order chi connectivity index (χ0) is 20.1. The van der Waals surface area contributed by atoms with Crippen LogP contribution in [0, 0.1) is 0 Å². The monoisotopic (exact) mass is 395 g/mol. The number of piperazine rings is 1. The van der Waals surface area contributed by atoms with Gasteiger partial charge >= 0.3 is 0 Å². The highest BCUT2D eigenvalue weighted by Crippen LogP contribution is 2.21. The standard InChI is InChI=1S/C23H29N3O3/c1-19(27)26(21-7-9-22(10-8-21)28-17-23-18-29-23)16-13-24-11-14-25(15-12-24)20-5-3-2-4-6-20/h2-10,23H,11-18H2,1H3/t23-/m0/s1. The first kappa shape index (κ1) is 19.7. The zero-order valence-corrected chi connectivity index (χ0v) is 17.0. The van der Waals surface area contributed by atoms with Crippen molar-refractivity contribution in [2.75, 3.05) is 62.3 Å². The van der Waals surface area contributed by atoms with Crippen LogP contribution < -0.4 is 14.5 Å². The van der Waals surface area contributed by atoms with E-state index in [9.17, 15) is 4.79 Å². The van der Waals surface area contributed by atoms with Crippen LogP contribution in [-0.2, 0) is 9.53 Å². The summed E-state index contributed by atoms with van der Waals surface area (Å²) in [5.41, 5.74) is 2.20. The van der Waals surface area contributed by atoms with E-state index in [1.54, 1.807) is 6.92 Å². The third kappa shape index (κ3) is 5.49. The van der Waals surface area contributed by atoms with Gasteiger partial charge in [0.15, 0.2) is 0 Å². The number of hydrogen-bond donors (Lipinski definition) is 0. The summed E-state index contributed by atoms with van der Waals surface area (Å²) in [7, 11) is 0. The number of ether oxygens (including phenoxy) is 2. The molecule has 0 unspecified atom stereocenters. The molecule has 2 aliphatic heterocycles. The first-order valence-corrected chi connectivity index (χ1v) is 10.3. The van der Waals surface area contributed by atoms with Crippen molar-refractivity contribution in [3.8, 4) is 5.75 Å². The molecular weight excluding hydrogens is 366 g/mol. The van der Waals surface area contributed by atoms with Gasteiger partial charge in [-0.3, -0.25) is 9.69 Å². The Morgan fingerprint density at radius 3 is 2.38 bits per heavy atom. The Balaban J connectivity index is 1.27.